The van der Waals surface area contributed by atoms with Crippen LogP contribution in [0, 0.1) is 0 Å². The Bertz CT molecular complexity index is 463. The fraction of sp³-hybridized carbons (Fsp3) is 0.222. The molecule has 2 aromatic rings. The third-order valence-electron chi connectivity index (χ3n) is 1.73. The first-order valence-corrected chi connectivity index (χ1v) is 5.89. The van der Waals surface area contributed by atoms with Crippen molar-refractivity contribution in [3.05, 3.63) is 29.4 Å². The maximum Gasteiger partial charge on any atom is 0.228 e. The zero-order valence-electron chi connectivity index (χ0n) is 8.48. The molecule has 0 bridgehead atoms. The second-order valence-electron chi connectivity index (χ2n) is 2.83. The van der Waals surface area contributed by atoms with E-state index in [-0.39, 0.29) is 5.28 Å². The van der Waals surface area contributed by atoms with Crippen LogP contribution in [0.5, 0.6) is 0 Å². The van der Waals surface area contributed by atoms with E-state index in [4.69, 9.17) is 16.0 Å². The van der Waals surface area contributed by atoms with Crippen LogP contribution in [-0.4, -0.2) is 22.0 Å². The van der Waals surface area contributed by atoms with Crippen LogP contribution >= 0.6 is 23.4 Å². The number of furan rings is 1. The van der Waals surface area contributed by atoms with Gasteiger partial charge in [0.15, 0.2) is 5.16 Å². The molecular formula is C9H9ClN4OS. The number of nitrogens with one attached hydrogen (secondary N) is 1. The molecule has 7 heteroatoms. The van der Waals surface area contributed by atoms with Crippen LogP contribution in [0.25, 0.3) is 0 Å². The monoisotopic (exact) mass is 256 g/mol. The molecule has 0 amide bonds. The van der Waals surface area contributed by atoms with E-state index in [0.717, 1.165) is 5.76 Å². The maximum atomic E-state index is 5.75. The summed E-state index contributed by atoms with van der Waals surface area (Å²) in [5.74, 6) is 1.99. The second-order valence-corrected chi connectivity index (χ2v) is 4.11. The molecule has 0 aliphatic carbocycles. The van der Waals surface area contributed by atoms with E-state index in [1.807, 2.05) is 12.1 Å². The Hall–Kier alpha value is -1.27. The van der Waals surface area contributed by atoms with Crippen molar-refractivity contribution in [2.45, 2.75) is 10.9 Å². The lowest BCUT2D eigenvalue weighted by atomic mass is 10.5. The Balaban J connectivity index is 2.06. The van der Waals surface area contributed by atoms with Crippen molar-refractivity contribution in [1.29, 1.82) is 0 Å². The number of halogens is 1. The lowest BCUT2D eigenvalue weighted by Gasteiger charge is -2.01. The van der Waals surface area contributed by atoms with Gasteiger partial charge in [-0.3, -0.25) is 0 Å². The molecular weight excluding hydrogens is 248 g/mol. The summed E-state index contributed by atoms with van der Waals surface area (Å²) in [4.78, 5) is 12.1. The highest BCUT2D eigenvalue weighted by atomic mass is 35.5. The van der Waals surface area contributed by atoms with Crippen LogP contribution in [-0.2, 0) is 5.75 Å². The molecule has 0 fully saturated rings. The molecule has 0 saturated heterocycles. The van der Waals surface area contributed by atoms with E-state index in [2.05, 4.69) is 20.3 Å². The predicted octanol–water partition coefficient (Wildman–Crippen LogP) is 2.45. The van der Waals surface area contributed by atoms with E-state index in [9.17, 15) is 0 Å². The highest BCUT2D eigenvalue weighted by Gasteiger charge is 2.05. The van der Waals surface area contributed by atoms with Crippen molar-refractivity contribution in [3.63, 3.8) is 0 Å². The Morgan fingerprint density at radius 2 is 2.31 bits per heavy atom. The summed E-state index contributed by atoms with van der Waals surface area (Å²) >= 11 is 7.19. The lowest BCUT2D eigenvalue weighted by molar-refractivity contribution is 0.530. The minimum atomic E-state index is 0.182. The minimum Gasteiger partial charge on any atom is -0.468 e. The molecule has 2 rings (SSSR count). The summed E-state index contributed by atoms with van der Waals surface area (Å²) in [5.41, 5.74) is 0. The van der Waals surface area contributed by atoms with Crippen molar-refractivity contribution in [2.24, 2.45) is 0 Å². The largest absolute Gasteiger partial charge is 0.468 e. The molecule has 1 N–H and O–H groups in total. The fourth-order valence-electron chi connectivity index (χ4n) is 1.04. The van der Waals surface area contributed by atoms with Gasteiger partial charge in [0.05, 0.1) is 12.0 Å². The van der Waals surface area contributed by atoms with E-state index in [0.29, 0.717) is 16.9 Å². The van der Waals surface area contributed by atoms with E-state index < -0.39 is 0 Å². The highest BCUT2D eigenvalue weighted by molar-refractivity contribution is 7.98. The molecule has 84 valence electrons. The number of thioether (sulfide) groups is 1. The van der Waals surface area contributed by atoms with Crippen LogP contribution < -0.4 is 5.32 Å². The van der Waals surface area contributed by atoms with Crippen molar-refractivity contribution in [1.82, 2.24) is 15.0 Å². The SMILES string of the molecule is CNc1nc(Cl)nc(SCc2ccco2)n1. The minimum absolute atomic E-state index is 0.182. The normalized spacial score (nSPS) is 10.4. The first-order valence-electron chi connectivity index (χ1n) is 4.52. The lowest BCUT2D eigenvalue weighted by Crippen LogP contribution is -2.00. The zero-order chi connectivity index (χ0) is 11.4. The van der Waals surface area contributed by atoms with Gasteiger partial charge >= 0.3 is 0 Å². The molecule has 0 atom stereocenters. The standard InChI is InChI=1S/C9H9ClN4OS/c1-11-8-12-7(10)13-9(14-8)16-5-6-3-2-4-15-6/h2-4H,5H2,1H3,(H,11,12,13,14). The Kier molecular flexibility index (Phi) is 3.63. The molecule has 2 heterocycles. The van der Waals surface area contributed by atoms with Crippen molar-refractivity contribution in [3.8, 4) is 0 Å². The molecule has 0 aromatic carbocycles. The summed E-state index contributed by atoms with van der Waals surface area (Å²) in [7, 11) is 1.73. The Morgan fingerprint density at radius 3 is 3.00 bits per heavy atom. The molecule has 5 nitrogen and oxygen atoms in total. The number of nitrogens with zero attached hydrogens (tertiary/aromatic N) is 3. The van der Waals surface area contributed by atoms with Gasteiger partial charge in [0.25, 0.3) is 0 Å². The topological polar surface area (TPSA) is 63.8 Å². The van der Waals surface area contributed by atoms with Gasteiger partial charge in [0, 0.05) is 7.05 Å². The summed E-state index contributed by atoms with van der Waals surface area (Å²) in [6.07, 6.45) is 1.63. The van der Waals surface area contributed by atoms with Gasteiger partial charge in [-0.2, -0.15) is 15.0 Å². The smallest absolute Gasteiger partial charge is 0.228 e. The van der Waals surface area contributed by atoms with Crippen LogP contribution in [0.1, 0.15) is 5.76 Å². The molecule has 2 aromatic heterocycles. The van der Waals surface area contributed by atoms with Crippen molar-refractivity contribution >= 4 is 29.3 Å². The first kappa shape index (κ1) is 11.2. The third-order valence-corrected chi connectivity index (χ3v) is 2.77. The van der Waals surface area contributed by atoms with Gasteiger partial charge in [-0.25, -0.2) is 0 Å². The second kappa shape index (κ2) is 5.18. The van der Waals surface area contributed by atoms with Crippen molar-refractivity contribution < 1.29 is 4.42 Å². The molecule has 0 aliphatic rings. The molecule has 0 unspecified atom stereocenters. The van der Waals surface area contributed by atoms with E-state index in [1.54, 1.807) is 13.3 Å². The predicted molar refractivity (Wildman–Crippen MR) is 62.7 cm³/mol. The number of anilines is 1. The van der Waals surface area contributed by atoms with Crippen LogP contribution in [0.2, 0.25) is 5.28 Å². The van der Waals surface area contributed by atoms with Gasteiger partial charge in [0.1, 0.15) is 5.76 Å². The number of hydrogen-bond acceptors (Lipinski definition) is 6. The van der Waals surface area contributed by atoms with Gasteiger partial charge in [-0.15, -0.1) is 0 Å². The first-order chi connectivity index (χ1) is 7.78. The van der Waals surface area contributed by atoms with Crippen LogP contribution in [0.15, 0.2) is 28.0 Å². The third kappa shape index (κ3) is 2.86. The maximum absolute atomic E-state index is 5.75. The van der Waals surface area contributed by atoms with Gasteiger partial charge in [-0.1, -0.05) is 11.8 Å². The Morgan fingerprint density at radius 1 is 1.44 bits per heavy atom. The average Bonchev–Trinajstić information content (AvgIpc) is 2.78. The van der Waals surface area contributed by atoms with Crippen LogP contribution in [0.4, 0.5) is 5.95 Å². The fourth-order valence-corrected chi connectivity index (χ4v) is 1.99. The van der Waals surface area contributed by atoms with E-state index in [1.165, 1.54) is 11.8 Å². The summed E-state index contributed by atoms with van der Waals surface area (Å²) in [5, 5.41) is 3.57. The number of aromatic nitrogens is 3. The van der Waals surface area contributed by atoms with Crippen LogP contribution in [0.3, 0.4) is 0 Å². The molecule has 0 radical (unpaired) electrons. The summed E-state index contributed by atoms with van der Waals surface area (Å²) in [6, 6.07) is 3.74. The highest BCUT2D eigenvalue weighted by Crippen LogP contribution is 2.21. The van der Waals surface area contributed by atoms with Gasteiger partial charge in [0.2, 0.25) is 11.2 Å². The molecule has 0 spiro atoms. The molecule has 0 saturated carbocycles. The van der Waals surface area contributed by atoms with Gasteiger partial charge < -0.3 is 9.73 Å². The zero-order valence-corrected chi connectivity index (χ0v) is 10.0. The number of rotatable bonds is 4. The summed E-state index contributed by atoms with van der Waals surface area (Å²) < 4.78 is 5.20. The quantitative estimate of drug-likeness (QED) is 0.848. The van der Waals surface area contributed by atoms with Gasteiger partial charge in [-0.05, 0) is 23.7 Å². The Labute approximate surface area is 102 Å². The average molecular weight is 257 g/mol. The van der Waals surface area contributed by atoms with Crippen molar-refractivity contribution in [2.75, 3.05) is 12.4 Å². The molecule has 0 aliphatic heterocycles. The number of hydrogen-bond donors (Lipinski definition) is 1. The summed E-state index contributed by atoms with van der Waals surface area (Å²) in [6.45, 7) is 0. The molecule has 16 heavy (non-hydrogen) atoms. The van der Waals surface area contributed by atoms with E-state index >= 15 is 0 Å².